The first-order valence-electron chi connectivity index (χ1n) is 19.2. The zero-order chi connectivity index (χ0) is 43.9. The van der Waals surface area contributed by atoms with Crippen molar-refractivity contribution in [2.45, 2.75) is 31.6 Å². The zero-order valence-corrected chi connectivity index (χ0v) is 33.8. The van der Waals surface area contributed by atoms with Crippen LogP contribution in [-0.2, 0) is 10.8 Å². The Balaban J connectivity index is 1.18. The van der Waals surface area contributed by atoms with Crippen LogP contribution in [0, 0.1) is 53.7 Å². The third-order valence-corrected chi connectivity index (χ3v) is 11.0. The maximum atomic E-state index is 9.52. The Kier molecular flexibility index (Phi) is 11.5. The van der Waals surface area contributed by atoms with Crippen molar-refractivity contribution in [2.75, 3.05) is 0 Å². The summed E-state index contributed by atoms with van der Waals surface area (Å²) in [4.78, 5) is 10.3. The number of nitriles is 3. The quantitative estimate of drug-likeness (QED) is 0.0951. The van der Waals surface area contributed by atoms with Crippen molar-refractivity contribution in [1.82, 2.24) is 0 Å². The largest absolute Gasteiger partial charge is 0.459 e. The fraction of sp³-hybridized carbons (Fsp3) is 0.0943. The molecule has 7 aromatic rings. The second kappa shape index (κ2) is 17.4. The van der Waals surface area contributed by atoms with Gasteiger partial charge >= 0.3 is 0 Å². The Morgan fingerprint density at radius 3 is 1.05 bits per heavy atom. The molecule has 0 aliphatic rings. The van der Waals surface area contributed by atoms with Gasteiger partial charge in [-0.2, -0.15) is 15.8 Å². The van der Waals surface area contributed by atoms with E-state index < -0.39 is 5.41 Å². The van der Waals surface area contributed by atoms with Crippen LogP contribution < -0.4 is 14.2 Å². The third kappa shape index (κ3) is 8.25. The monoisotopic (exact) mass is 802 g/mol. The molecule has 0 spiro atoms. The molecule has 0 amide bonds. The Morgan fingerprint density at radius 1 is 0.371 bits per heavy atom. The first-order chi connectivity index (χ1) is 30.0. The molecule has 0 saturated carbocycles. The number of benzene rings is 7. The van der Waals surface area contributed by atoms with Gasteiger partial charge in [0.1, 0.15) is 34.5 Å². The van der Waals surface area contributed by atoms with Gasteiger partial charge in [0.05, 0.1) is 54.6 Å². The summed E-state index contributed by atoms with van der Waals surface area (Å²) in [6.07, 6.45) is 0. The second-order valence-electron chi connectivity index (χ2n) is 14.9. The molecular weight excluding hydrogens is 769 g/mol. The summed E-state index contributed by atoms with van der Waals surface area (Å²) >= 11 is 0. The van der Waals surface area contributed by atoms with Crippen LogP contribution in [0.2, 0.25) is 0 Å². The number of hydrogen-bond donors (Lipinski definition) is 0. The molecule has 0 aromatic heterocycles. The molecule has 9 nitrogen and oxygen atoms in total. The summed E-state index contributed by atoms with van der Waals surface area (Å²) in [7, 11) is 0. The fourth-order valence-electron chi connectivity index (χ4n) is 7.24. The molecule has 1 atom stereocenters. The molecule has 1 unspecified atom stereocenters. The second-order valence-corrected chi connectivity index (χ2v) is 14.9. The van der Waals surface area contributed by atoms with Gasteiger partial charge in [0.2, 0.25) is 17.1 Å². The van der Waals surface area contributed by atoms with Gasteiger partial charge in [0.15, 0.2) is 0 Å². The summed E-state index contributed by atoms with van der Waals surface area (Å²) in [5, 5.41) is 28.3. The van der Waals surface area contributed by atoms with Gasteiger partial charge in [-0.25, -0.2) is 14.5 Å². The maximum absolute atomic E-state index is 9.52. The van der Waals surface area contributed by atoms with E-state index in [2.05, 4.69) is 71.7 Å². The third-order valence-electron chi connectivity index (χ3n) is 11.0. The SMILES string of the molecule is [C-]#[N+]c1ccc(Oc2ccc(C(C)(C)c3ccc(C(C)(c4ccc(Oc5ccc([N+]#[C-])c(C#N)c5)cc4)c4ccc(Oc5ccc(C#N)c([N+]#[C-])c5)cc4)cc3)cc2)cc1C#N. The van der Waals surface area contributed by atoms with Crippen LogP contribution in [0.1, 0.15) is 65.3 Å². The number of rotatable bonds is 11. The van der Waals surface area contributed by atoms with Crippen molar-refractivity contribution in [3.63, 3.8) is 0 Å². The van der Waals surface area contributed by atoms with Crippen LogP contribution in [0.5, 0.6) is 34.5 Å². The molecule has 294 valence electrons. The molecule has 7 rings (SSSR count). The summed E-state index contributed by atoms with van der Waals surface area (Å²) in [5.74, 6) is 3.13. The molecule has 0 radical (unpaired) electrons. The minimum absolute atomic E-state index is 0.224. The topological polar surface area (TPSA) is 112 Å². The Bertz CT molecular complexity index is 2960. The molecule has 9 heteroatoms. The van der Waals surface area contributed by atoms with Crippen molar-refractivity contribution in [3.8, 4) is 52.7 Å². The standard InChI is InChI=1S/C53H34N6O3/c1-52(2,39-12-19-43(20-13-39)60-46-25-27-49(57-4)36(29-46)33-55)38-8-10-40(11-9-38)53(3,41-14-21-44(22-15-41)61-47-26-28-50(58-5)37(30-47)34-56)42-16-23-45(24-17-42)62-48-18-7-35(32-54)51(31-48)59-6/h7-31H,1-3H3. The molecule has 0 aliphatic carbocycles. The van der Waals surface area contributed by atoms with E-state index in [4.69, 9.17) is 33.9 Å². The van der Waals surface area contributed by atoms with Crippen molar-refractivity contribution in [3.05, 3.63) is 230 Å². The number of nitrogens with zero attached hydrogens (tertiary/aromatic N) is 6. The Hall–Kier alpha value is -9.12. The highest BCUT2D eigenvalue weighted by atomic mass is 16.5. The minimum Gasteiger partial charge on any atom is -0.459 e. The Labute approximate surface area is 360 Å². The highest BCUT2D eigenvalue weighted by molar-refractivity contribution is 5.63. The van der Waals surface area contributed by atoms with E-state index in [-0.39, 0.29) is 39.2 Å². The van der Waals surface area contributed by atoms with Crippen LogP contribution in [0.15, 0.2) is 152 Å². The Morgan fingerprint density at radius 2 is 0.677 bits per heavy atom. The normalized spacial score (nSPS) is 11.5. The average molecular weight is 803 g/mol. The predicted octanol–water partition coefficient (Wildman–Crippen LogP) is 14.0. The van der Waals surface area contributed by atoms with Crippen LogP contribution in [0.4, 0.5) is 17.1 Å². The molecule has 0 fully saturated rings. The van der Waals surface area contributed by atoms with Gasteiger partial charge in [-0.05, 0) is 108 Å². The summed E-state index contributed by atoms with van der Waals surface area (Å²) < 4.78 is 18.3. The lowest BCUT2D eigenvalue weighted by Crippen LogP contribution is -2.26. The number of ether oxygens (including phenoxy) is 3. The van der Waals surface area contributed by atoms with E-state index >= 15 is 0 Å². The molecule has 0 N–H and O–H groups in total. The molecule has 62 heavy (non-hydrogen) atoms. The van der Waals surface area contributed by atoms with Crippen molar-refractivity contribution >= 4 is 17.1 Å². The van der Waals surface area contributed by atoms with Crippen molar-refractivity contribution in [1.29, 1.82) is 15.8 Å². The first-order valence-corrected chi connectivity index (χ1v) is 19.2. The van der Waals surface area contributed by atoms with Crippen LogP contribution in [-0.4, -0.2) is 0 Å². The van der Waals surface area contributed by atoms with E-state index in [1.54, 1.807) is 54.6 Å². The molecule has 0 bridgehead atoms. The van der Waals surface area contributed by atoms with Gasteiger partial charge in [-0.3, -0.25) is 0 Å². The summed E-state index contributed by atoms with van der Waals surface area (Å²) in [5.41, 5.74) is 5.71. The highest BCUT2D eigenvalue weighted by Gasteiger charge is 2.32. The smallest absolute Gasteiger partial charge is 0.208 e. The lowest BCUT2D eigenvalue weighted by molar-refractivity contribution is 0.481. The summed E-state index contributed by atoms with van der Waals surface area (Å²) in [6.45, 7) is 28.5. The predicted molar refractivity (Wildman–Crippen MR) is 236 cm³/mol. The van der Waals surface area contributed by atoms with E-state index in [0.29, 0.717) is 34.5 Å². The van der Waals surface area contributed by atoms with E-state index in [1.165, 1.54) is 0 Å². The van der Waals surface area contributed by atoms with E-state index in [0.717, 1.165) is 27.8 Å². The molecular formula is C53H34N6O3. The highest BCUT2D eigenvalue weighted by Crippen LogP contribution is 2.43. The van der Waals surface area contributed by atoms with E-state index in [1.807, 2.05) is 78.9 Å². The van der Waals surface area contributed by atoms with Crippen molar-refractivity contribution in [2.24, 2.45) is 0 Å². The van der Waals surface area contributed by atoms with Gasteiger partial charge in [0, 0.05) is 10.8 Å². The van der Waals surface area contributed by atoms with Crippen LogP contribution in [0.25, 0.3) is 14.5 Å². The molecule has 0 heterocycles. The van der Waals surface area contributed by atoms with Gasteiger partial charge in [-0.15, -0.1) is 0 Å². The summed E-state index contributed by atoms with van der Waals surface area (Å²) in [6, 6.07) is 52.6. The minimum atomic E-state index is -0.659. The van der Waals surface area contributed by atoms with Gasteiger partial charge in [-0.1, -0.05) is 92.7 Å². The molecule has 7 aromatic carbocycles. The van der Waals surface area contributed by atoms with E-state index in [9.17, 15) is 15.8 Å². The number of hydrogen-bond acceptors (Lipinski definition) is 6. The lowest BCUT2D eigenvalue weighted by Gasteiger charge is -2.33. The lowest BCUT2D eigenvalue weighted by atomic mass is 9.70. The van der Waals surface area contributed by atoms with Crippen LogP contribution >= 0.6 is 0 Å². The molecule has 0 aliphatic heterocycles. The van der Waals surface area contributed by atoms with Crippen LogP contribution in [0.3, 0.4) is 0 Å². The average Bonchev–Trinajstić information content (AvgIpc) is 3.31. The maximum Gasteiger partial charge on any atom is 0.208 e. The zero-order valence-electron chi connectivity index (χ0n) is 33.8. The first kappa shape index (κ1) is 41.1. The van der Waals surface area contributed by atoms with Crippen molar-refractivity contribution < 1.29 is 14.2 Å². The fourth-order valence-corrected chi connectivity index (χ4v) is 7.24. The molecule has 0 saturated heterocycles. The van der Waals surface area contributed by atoms with Gasteiger partial charge in [0.25, 0.3) is 0 Å². The van der Waals surface area contributed by atoms with Gasteiger partial charge < -0.3 is 14.2 Å².